The van der Waals surface area contributed by atoms with E-state index < -0.39 is 12.0 Å². The predicted octanol–water partition coefficient (Wildman–Crippen LogP) is 2.72. The number of phenolic OH excluding ortho intramolecular Hbond substituents is 1. The van der Waals surface area contributed by atoms with Gasteiger partial charge in [0.05, 0.1) is 5.56 Å². The molecule has 31 heavy (non-hydrogen) atoms. The number of hydrogen-bond acceptors (Lipinski definition) is 7. The Morgan fingerprint density at radius 3 is 2.97 bits per heavy atom. The third kappa shape index (κ3) is 5.97. The molecule has 4 N–H and O–H groups in total. The number of alkyl carbamates (subject to hydrolysis) is 1. The summed E-state index contributed by atoms with van der Waals surface area (Å²) in [6.45, 7) is 2.21. The fraction of sp³-hybridized carbons (Fsp3) is 0.429. The Labute approximate surface area is 179 Å². The van der Waals surface area contributed by atoms with E-state index in [4.69, 9.17) is 9.47 Å². The van der Waals surface area contributed by atoms with Crippen molar-refractivity contribution in [3.05, 3.63) is 35.5 Å². The van der Waals surface area contributed by atoms with E-state index in [2.05, 4.69) is 20.8 Å². The first-order valence-corrected chi connectivity index (χ1v) is 10.2. The highest BCUT2D eigenvalue weighted by Crippen LogP contribution is 2.35. The Morgan fingerprint density at radius 1 is 1.35 bits per heavy atom. The number of hydrogen-bond donors (Lipinski definition) is 4. The van der Waals surface area contributed by atoms with Crippen LogP contribution < -0.4 is 15.4 Å². The number of phenols is 1. The lowest BCUT2D eigenvalue weighted by Crippen LogP contribution is -2.28. The summed E-state index contributed by atoms with van der Waals surface area (Å²) in [5.41, 5.74) is 0.839. The Bertz CT molecular complexity index is 928. The second-order valence-electron chi connectivity index (χ2n) is 7.32. The normalized spacial score (nSPS) is 17.7. The lowest BCUT2D eigenvalue weighted by Gasteiger charge is -2.12. The van der Waals surface area contributed by atoms with Crippen LogP contribution in [0.4, 0.5) is 10.6 Å². The summed E-state index contributed by atoms with van der Waals surface area (Å²) in [4.78, 5) is 34.9. The molecule has 0 spiro atoms. The van der Waals surface area contributed by atoms with E-state index in [0.29, 0.717) is 25.1 Å². The molecule has 0 aliphatic heterocycles. The van der Waals surface area contributed by atoms with Gasteiger partial charge >= 0.3 is 6.09 Å². The minimum absolute atomic E-state index is 0.0151. The molecule has 0 saturated heterocycles. The van der Waals surface area contributed by atoms with Gasteiger partial charge in [-0.3, -0.25) is 14.7 Å². The van der Waals surface area contributed by atoms with Crippen molar-refractivity contribution < 1.29 is 29.0 Å². The highest BCUT2D eigenvalue weighted by atomic mass is 16.6. The molecule has 1 fully saturated rings. The number of aromatic amines is 1. The van der Waals surface area contributed by atoms with Crippen LogP contribution in [0.5, 0.6) is 11.5 Å². The zero-order valence-corrected chi connectivity index (χ0v) is 17.2. The van der Waals surface area contributed by atoms with Crippen LogP contribution in [-0.2, 0) is 9.53 Å². The highest BCUT2D eigenvalue weighted by Gasteiger charge is 2.30. The van der Waals surface area contributed by atoms with Crippen molar-refractivity contribution in [2.45, 2.75) is 44.6 Å². The summed E-state index contributed by atoms with van der Waals surface area (Å²) < 4.78 is 10.8. The second kappa shape index (κ2) is 10.5. The van der Waals surface area contributed by atoms with E-state index >= 15 is 0 Å². The zero-order chi connectivity index (χ0) is 22.2. The van der Waals surface area contributed by atoms with Gasteiger partial charge in [-0.05, 0) is 37.8 Å². The summed E-state index contributed by atoms with van der Waals surface area (Å²) in [6, 6.07) is 6.11. The van der Waals surface area contributed by atoms with Crippen molar-refractivity contribution >= 4 is 24.1 Å². The quantitative estimate of drug-likeness (QED) is 0.448. The third-order valence-electron chi connectivity index (χ3n) is 5.00. The first-order valence-electron chi connectivity index (χ1n) is 10.2. The maximum atomic E-state index is 12.2. The Kier molecular flexibility index (Phi) is 7.47. The van der Waals surface area contributed by atoms with Crippen LogP contribution in [0.15, 0.2) is 24.3 Å². The number of carbonyl (C=O) groups is 3. The molecule has 1 heterocycles. The summed E-state index contributed by atoms with van der Waals surface area (Å²) in [5, 5.41) is 22.0. The van der Waals surface area contributed by atoms with E-state index in [1.54, 1.807) is 6.07 Å². The third-order valence-corrected chi connectivity index (χ3v) is 5.00. The Hall–Kier alpha value is -3.56. The molecule has 0 bridgehead atoms. The monoisotopic (exact) mass is 430 g/mol. The maximum absolute atomic E-state index is 12.2. The number of carbonyl (C=O) groups excluding carboxylic acids is 3. The standard InChI is InChI=1S/C21H26N4O6/c1-2-8-22-21(29)31-14-7-6-13(9-14)16-10-19(25-24-16)23-20(28)12-30-18-5-3-4-17(27)15(18)11-26/h3-5,10-11,13-14,27H,2,6-9,12H2,1H3,(H,22,29)(H2,23,24,25,28). The Morgan fingerprint density at radius 2 is 2.19 bits per heavy atom. The molecule has 10 nitrogen and oxygen atoms in total. The highest BCUT2D eigenvalue weighted by molar-refractivity contribution is 5.91. The number of H-pyrrole nitrogens is 1. The van der Waals surface area contributed by atoms with Gasteiger partial charge in [0.2, 0.25) is 0 Å². The van der Waals surface area contributed by atoms with Gasteiger partial charge in [0.25, 0.3) is 5.91 Å². The largest absolute Gasteiger partial charge is 0.507 e. The SMILES string of the molecule is CCCNC(=O)OC1CCC(c2cc(NC(=O)COc3cccc(O)c3C=O)n[nH]2)C1. The van der Waals surface area contributed by atoms with Crippen molar-refractivity contribution in [2.75, 3.05) is 18.5 Å². The molecule has 2 unspecified atom stereocenters. The predicted molar refractivity (Wildman–Crippen MR) is 111 cm³/mol. The minimum Gasteiger partial charge on any atom is -0.507 e. The molecule has 1 aliphatic rings. The topological polar surface area (TPSA) is 143 Å². The van der Waals surface area contributed by atoms with Gasteiger partial charge in [-0.1, -0.05) is 13.0 Å². The molecule has 0 radical (unpaired) electrons. The Balaban J connectivity index is 1.48. The number of nitrogens with one attached hydrogen (secondary N) is 3. The van der Waals surface area contributed by atoms with Crippen LogP contribution in [0.3, 0.4) is 0 Å². The van der Waals surface area contributed by atoms with Crippen molar-refractivity contribution in [3.63, 3.8) is 0 Å². The van der Waals surface area contributed by atoms with Gasteiger partial charge in [0.1, 0.15) is 17.6 Å². The number of benzene rings is 1. The average Bonchev–Trinajstić information content (AvgIpc) is 3.40. The number of aldehydes is 1. The first-order chi connectivity index (χ1) is 15.0. The van der Waals surface area contributed by atoms with Gasteiger partial charge in [-0.25, -0.2) is 4.79 Å². The number of ether oxygens (including phenoxy) is 2. The van der Waals surface area contributed by atoms with Crippen molar-refractivity contribution in [2.24, 2.45) is 0 Å². The lowest BCUT2D eigenvalue weighted by molar-refractivity contribution is -0.118. The fourth-order valence-electron chi connectivity index (χ4n) is 3.46. The smallest absolute Gasteiger partial charge is 0.407 e. The summed E-state index contributed by atoms with van der Waals surface area (Å²) in [7, 11) is 0. The average molecular weight is 430 g/mol. The molecule has 1 aliphatic carbocycles. The van der Waals surface area contributed by atoms with Gasteiger partial charge in [0, 0.05) is 24.2 Å². The molecule has 1 aromatic carbocycles. The number of anilines is 1. The van der Waals surface area contributed by atoms with Crippen LogP contribution in [0, 0.1) is 0 Å². The molecule has 2 amide bonds. The van der Waals surface area contributed by atoms with Gasteiger partial charge in [-0.2, -0.15) is 5.10 Å². The molecule has 10 heteroatoms. The van der Waals surface area contributed by atoms with Crippen LogP contribution >= 0.6 is 0 Å². The fourth-order valence-corrected chi connectivity index (χ4v) is 3.46. The van der Waals surface area contributed by atoms with Crippen molar-refractivity contribution in [1.29, 1.82) is 0 Å². The van der Waals surface area contributed by atoms with Crippen LogP contribution in [0.2, 0.25) is 0 Å². The van der Waals surface area contributed by atoms with Crippen molar-refractivity contribution in [3.8, 4) is 11.5 Å². The van der Waals surface area contributed by atoms with Gasteiger partial charge in [0.15, 0.2) is 18.7 Å². The molecule has 166 valence electrons. The van der Waals surface area contributed by atoms with Crippen LogP contribution in [0.25, 0.3) is 0 Å². The number of rotatable bonds is 9. The number of nitrogens with zero attached hydrogens (tertiary/aromatic N) is 1. The van der Waals surface area contributed by atoms with E-state index in [9.17, 15) is 19.5 Å². The maximum Gasteiger partial charge on any atom is 0.407 e. The number of aromatic hydroxyl groups is 1. The molecule has 1 saturated carbocycles. The summed E-state index contributed by atoms with van der Waals surface area (Å²) in [6.07, 6.45) is 3.07. The van der Waals surface area contributed by atoms with E-state index in [-0.39, 0.29) is 35.7 Å². The molecule has 3 rings (SSSR count). The van der Waals surface area contributed by atoms with Gasteiger partial charge < -0.3 is 25.2 Å². The summed E-state index contributed by atoms with van der Waals surface area (Å²) in [5.74, 6) is -0.0566. The zero-order valence-electron chi connectivity index (χ0n) is 17.2. The first kappa shape index (κ1) is 22.1. The van der Waals surface area contributed by atoms with Crippen LogP contribution in [0.1, 0.15) is 54.6 Å². The van der Waals surface area contributed by atoms with Crippen LogP contribution in [-0.4, -0.2) is 52.8 Å². The lowest BCUT2D eigenvalue weighted by atomic mass is 10.0. The number of amides is 2. The summed E-state index contributed by atoms with van der Waals surface area (Å²) >= 11 is 0. The molecule has 2 aromatic rings. The van der Waals surface area contributed by atoms with E-state index in [1.165, 1.54) is 18.2 Å². The molecular formula is C21H26N4O6. The minimum atomic E-state index is -0.460. The van der Waals surface area contributed by atoms with E-state index in [1.807, 2.05) is 6.92 Å². The molecular weight excluding hydrogens is 404 g/mol. The molecule has 1 aromatic heterocycles. The van der Waals surface area contributed by atoms with E-state index in [0.717, 1.165) is 25.0 Å². The number of aromatic nitrogens is 2. The molecule has 2 atom stereocenters. The van der Waals surface area contributed by atoms with Crippen molar-refractivity contribution in [1.82, 2.24) is 15.5 Å². The second-order valence-corrected chi connectivity index (χ2v) is 7.32. The van der Waals surface area contributed by atoms with Gasteiger partial charge in [-0.15, -0.1) is 0 Å².